The van der Waals surface area contributed by atoms with Gasteiger partial charge in [0.25, 0.3) is 0 Å². The van der Waals surface area contributed by atoms with Gasteiger partial charge in [0.15, 0.2) is 0 Å². The Labute approximate surface area is 97.9 Å². The van der Waals surface area contributed by atoms with Gasteiger partial charge in [-0.1, -0.05) is 19.4 Å². The summed E-state index contributed by atoms with van der Waals surface area (Å²) in [5.74, 6) is 0.793. The third-order valence-corrected chi connectivity index (χ3v) is 3.55. The quantitative estimate of drug-likeness (QED) is 0.832. The van der Waals surface area contributed by atoms with Gasteiger partial charge in [0.1, 0.15) is 0 Å². The molecule has 16 heavy (non-hydrogen) atoms. The number of hydrogen-bond donors (Lipinski definition) is 1. The van der Waals surface area contributed by atoms with Crippen LogP contribution in [0.2, 0.25) is 0 Å². The molecule has 0 saturated carbocycles. The average Bonchev–Trinajstić information content (AvgIpc) is 2.78. The lowest BCUT2D eigenvalue weighted by Crippen LogP contribution is -2.37. The summed E-state index contributed by atoms with van der Waals surface area (Å²) in [6.07, 6.45) is 5.05. The highest BCUT2D eigenvalue weighted by molar-refractivity contribution is 5.08. The minimum atomic E-state index is 0.671. The van der Waals surface area contributed by atoms with E-state index in [9.17, 15) is 0 Å². The van der Waals surface area contributed by atoms with Gasteiger partial charge in [0.05, 0.1) is 0 Å². The molecule has 0 radical (unpaired) electrons. The van der Waals surface area contributed by atoms with E-state index in [1.165, 1.54) is 18.5 Å². The van der Waals surface area contributed by atoms with E-state index in [-0.39, 0.29) is 0 Å². The van der Waals surface area contributed by atoms with Gasteiger partial charge in [0, 0.05) is 31.5 Å². The second-order valence-electron chi connectivity index (χ2n) is 4.67. The highest BCUT2D eigenvalue weighted by Crippen LogP contribution is 2.19. The molecule has 2 atom stereocenters. The van der Waals surface area contributed by atoms with Crippen molar-refractivity contribution in [3.63, 3.8) is 0 Å². The number of nitrogens with one attached hydrogen (secondary N) is 1. The van der Waals surface area contributed by atoms with Crippen LogP contribution in [0.25, 0.3) is 0 Å². The van der Waals surface area contributed by atoms with Gasteiger partial charge in [-0.3, -0.25) is 9.88 Å². The second-order valence-corrected chi connectivity index (χ2v) is 4.67. The smallest absolute Gasteiger partial charge is 0.0312 e. The first kappa shape index (κ1) is 11.6. The van der Waals surface area contributed by atoms with Crippen LogP contribution in [0.15, 0.2) is 24.5 Å². The number of nitrogens with zero attached hydrogens (tertiary/aromatic N) is 2. The molecule has 1 fully saturated rings. The monoisotopic (exact) mass is 219 g/mol. The zero-order valence-electron chi connectivity index (χ0n) is 10.2. The van der Waals surface area contributed by atoms with E-state index in [0.717, 1.165) is 19.0 Å². The highest BCUT2D eigenvalue weighted by atomic mass is 15.2. The van der Waals surface area contributed by atoms with Crippen molar-refractivity contribution < 1.29 is 0 Å². The molecule has 2 unspecified atom stereocenters. The summed E-state index contributed by atoms with van der Waals surface area (Å²) in [6.45, 7) is 5.56. The molecule has 1 N–H and O–H groups in total. The molecule has 0 spiro atoms. The number of aromatic nitrogens is 1. The number of likely N-dealkylation sites (N-methyl/N-ethyl adjacent to an activating group) is 1. The lowest BCUT2D eigenvalue weighted by molar-refractivity contribution is 0.201. The molecule has 3 heteroatoms. The maximum atomic E-state index is 4.16. The topological polar surface area (TPSA) is 28.2 Å². The summed E-state index contributed by atoms with van der Waals surface area (Å²) in [7, 11) is 2.22. The van der Waals surface area contributed by atoms with Gasteiger partial charge < -0.3 is 5.32 Å². The summed E-state index contributed by atoms with van der Waals surface area (Å²) in [5.41, 5.74) is 1.30. The van der Waals surface area contributed by atoms with E-state index >= 15 is 0 Å². The van der Waals surface area contributed by atoms with Crippen LogP contribution in [0, 0.1) is 5.92 Å². The van der Waals surface area contributed by atoms with Crippen molar-refractivity contribution in [2.45, 2.75) is 25.9 Å². The first-order chi connectivity index (χ1) is 7.81. The molecule has 0 aliphatic carbocycles. The Kier molecular flexibility index (Phi) is 3.91. The van der Waals surface area contributed by atoms with Crippen molar-refractivity contribution in [3.05, 3.63) is 30.1 Å². The van der Waals surface area contributed by atoms with Crippen molar-refractivity contribution in [2.24, 2.45) is 5.92 Å². The largest absolute Gasteiger partial charge is 0.315 e. The Morgan fingerprint density at radius 2 is 2.38 bits per heavy atom. The zero-order chi connectivity index (χ0) is 11.4. The van der Waals surface area contributed by atoms with Crippen LogP contribution in [0.3, 0.4) is 0 Å². The summed E-state index contributed by atoms with van der Waals surface area (Å²) in [4.78, 5) is 6.61. The molecular formula is C13H21N3. The second kappa shape index (κ2) is 5.41. The van der Waals surface area contributed by atoms with Gasteiger partial charge in [0.2, 0.25) is 0 Å². The van der Waals surface area contributed by atoms with E-state index in [0.29, 0.717) is 6.04 Å². The lowest BCUT2D eigenvalue weighted by Gasteiger charge is -2.28. The van der Waals surface area contributed by atoms with E-state index in [2.05, 4.69) is 35.2 Å². The van der Waals surface area contributed by atoms with Gasteiger partial charge >= 0.3 is 0 Å². The van der Waals surface area contributed by atoms with Crippen molar-refractivity contribution >= 4 is 0 Å². The summed E-state index contributed by atoms with van der Waals surface area (Å²) < 4.78 is 0. The maximum Gasteiger partial charge on any atom is 0.0312 e. The third kappa shape index (κ3) is 2.60. The Morgan fingerprint density at radius 1 is 1.50 bits per heavy atom. The third-order valence-electron chi connectivity index (χ3n) is 3.55. The molecule has 1 aromatic rings. The lowest BCUT2D eigenvalue weighted by atomic mass is 9.99. The minimum Gasteiger partial charge on any atom is -0.315 e. The normalized spacial score (nSPS) is 25.2. The number of hydrogen-bond acceptors (Lipinski definition) is 3. The van der Waals surface area contributed by atoms with Crippen molar-refractivity contribution in [3.8, 4) is 0 Å². The Balaban J connectivity index is 1.95. The van der Waals surface area contributed by atoms with E-state index in [4.69, 9.17) is 0 Å². The predicted molar refractivity (Wildman–Crippen MR) is 66.1 cm³/mol. The molecule has 0 aromatic carbocycles. The molecule has 1 aromatic heterocycles. The predicted octanol–water partition coefficient (Wildman–Crippen LogP) is 1.51. The molecule has 1 saturated heterocycles. The SMILES string of the molecule is CCC1CNCC1N(C)Cc1cccnc1. The molecule has 1 aliphatic heterocycles. The van der Waals surface area contributed by atoms with Crippen LogP contribution < -0.4 is 5.32 Å². The van der Waals surface area contributed by atoms with Crippen LogP contribution >= 0.6 is 0 Å². The fourth-order valence-corrected chi connectivity index (χ4v) is 2.55. The number of rotatable bonds is 4. The molecule has 2 heterocycles. The fourth-order valence-electron chi connectivity index (χ4n) is 2.55. The van der Waals surface area contributed by atoms with Crippen molar-refractivity contribution in [1.82, 2.24) is 15.2 Å². The molecule has 0 bridgehead atoms. The minimum absolute atomic E-state index is 0.671. The summed E-state index contributed by atoms with van der Waals surface area (Å²) >= 11 is 0. The zero-order valence-corrected chi connectivity index (χ0v) is 10.2. The van der Waals surface area contributed by atoms with Crippen molar-refractivity contribution in [2.75, 3.05) is 20.1 Å². The summed E-state index contributed by atoms with van der Waals surface area (Å²) in [5, 5.41) is 3.48. The summed E-state index contributed by atoms with van der Waals surface area (Å²) in [6, 6.07) is 4.82. The molecular weight excluding hydrogens is 198 g/mol. The number of pyridine rings is 1. The van der Waals surface area contributed by atoms with Crippen LogP contribution in [0.1, 0.15) is 18.9 Å². The molecule has 1 aliphatic rings. The van der Waals surface area contributed by atoms with Crippen LogP contribution in [-0.4, -0.2) is 36.1 Å². The Bertz CT molecular complexity index is 312. The van der Waals surface area contributed by atoms with Gasteiger partial charge in [-0.15, -0.1) is 0 Å². The van der Waals surface area contributed by atoms with E-state index in [1.54, 1.807) is 0 Å². The van der Waals surface area contributed by atoms with E-state index in [1.807, 2.05) is 18.5 Å². The fraction of sp³-hybridized carbons (Fsp3) is 0.615. The standard InChI is InChI=1S/C13H21N3/c1-3-12-8-15-9-13(12)16(2)10-11-5-4-6-14-7-11/h4-7,12-13,15H,3,8-10H2,1-2H3. The van der Waals surface area contributed by atoms with E-state index < -0.39 is 0 Å². The highest BCUT2D eigenvalue weighted by Gasteiger charge is 2.28. The maximum absolute atomic E-state index is 4.16. The molecule has 3 nitrogen and oxygen atoms in total. The van der Waals surface area contributed by atoms with Crippen LogP contribution in [0.5, 0.6) is 0 Å². The van der Waals surface area contributed by atoms with Gasteiger partial charge in [-0.2, -0.15) is 0 Å². The van der Waals surface area contributed by atoms with Crippen molar-refractivity contribution in [1.29, 1.82) is 0 Å². The first-order valence-corrected chi connectivity index (χ1v) is 6.11. The molecule has 0 amide bonds. The Hall–Kier alpha value is -0.930. The molecule has 2 rings (SSSR count). The van der Waals surface area contributed by atoms with Crippen LogP contribution in [-0.2, 0) is 6.54 Å². The van der Waals surface area contributed by atoms with Gasteiger partial charge in [-0.25, -0.2) is 0 Å². The van der Waals surface area contributed by atoms with Gasteiger partial charge in [-0.05, 0) is 31.1 Å². The Morgan fingerprint density at radius 3 is 3.06 bits per heavy atom. The van der Waals surface area contributed by atoms with Crippen LogP contribution in [0.4, 0.5) is 0 Å². The average molecular weight is 219 g/mol. The first-order valence-electron chi connectivity index (χ1n) is 6.11. The molecule has 88 valence electrons.